The summed E-state index contributed by atoms with van der Waals surface area (Å²) in [5, 5.41) is 8.01. The van der Waals surface area contributed by atoms with E-state index in [0.29, 0.717) is 43.1 Å². The van der Waals surface area contributed by atoms with Crippen molar-refractivity contribution in [2.24, 2.45) is 5.92 Å². The lowest BCUT2D eigenvalue weighted by Crippen LogP contribution is -2.41. The van der Waals surface area contributed by atoms with Crippen molar-refractivity contribution >= 4 is 16.7 Å². The lowest BCUT2D eigenvalue weighted by molar-refractivity contribution is -0.00239. The van der Waals surface area contributed by atoms with Gasteiger partial charge in [-0.15, -0.1) is 0 Å². The highest BCUT2D eigenvalue weighted by Gasteiger charge is 2.26. The van der Waals surface area contributed by atoms with E-state index in [4.69, 9.17) is 4.74 Å². The Morgan fingerprint density at radius 2 is 1.91 bits per heavy atom. The van der Waals surface area contributed by atoms with Gasteiger partial charge in [-0.1, -0.05) is 38.1 Å². The molecule has 1 aliphatic rings. The van der Waals surface area contributed by atoms with E-state index in [2.05, 4.69) is 24.0 Å². The molecule has 2 heterocycles. The molecular weight excluding hydrogens is 409 g/mol. The van der Waals surface area contributed by atoms with Crippen LogP contribution in [-0.4, -0.2) is 46.8 Å². The van der Waals surface area contributed by atoms with Gasteiger partial charge in [0, 0.05) is 31.5 Å². The zero-order valence-electron chi connectivity index (χ0n) is 18.4. The number of hydrogen-bond acceptors (Lipinski definition) is 4. The minimum Gasteiger partial charge on any atom is -0.378 e. The third-order valence-corrected chi connectivity index (χ3v) is 5.80. The van der Waals surface area contributed by atoms with Gasteiger partial charge < -0.3 is 9.64 Å². The molecule has 1 N–H and O–H groups in total. The normalized spacial score (nSPS) is 14.9. The number of benzene rings is 2. The number of carbonyl (C=O) groups is 1. The average Bonchev–Trinajstić information content (AvgIpc) is 2.81. The minimum atomic E-state index is -0.531. The maximum Gasteiger partial charge on any atom is 0.272 e. The number of hydrogen-bond donors (Lipinski definition) is 1. The van der Waals surface area contributed by atoms with E-state index < -0.39 is 5.82 Å². The van der Waals surface area contributed by atoms with Gasteiger partial charge in [0.05, 0.1) is 22.7 Å². The van der Waals surface area contributed by atoms with Crippen molar-refractivity contribution in [3.05, 3.63) is 75.5 Å². The van der Waals surface area contributed by atoms with Gasteiger partial charge in [-0.2, -0.15) is 5.10 Å². The molecule has 1 fully saturated rings. The van der Waals surface area contributed by atoms with Gasteiger partial charge in [-0.3, -0.25) is 9.59 Å². The van der Waals surface area contributed by atoms with Crippen LogP contribution in [0.4, 0.5) is 4.39 Å². The van der Waals surface area contributed by atoms with E-state index in [0.717, 1.165) is 23.8 Å². The summed E-state index contributed by atoms with van der Waals surface area (Å²) in [7, 11) is 0. The van der Waals surface area contributed by atoms with E-state index in [1.807, 2.05) is 12.1 Å². The number of fused-ring (bicyclic) bond motifs is 1. The molecule has 1 saturated heterocycles. The number of rotatable bonds is 6. The highest BCUT2D eigenvalue weighted by Crippen LogP contribution is 2.22. The van der Waals surface area contributed by atoms with Gasteiger partial charge in [-0.25, -0.2) is 9.49 Å². The van der Waals surface area contributed by atoms with Crippen molar-refractivity contribution in [1.29, 1.82) is 0 Å². The van der Waals surface area contributed by atoms with Crippen LogP contribution in [0.3, 0.4) is 0 Å². The molecule has 32 heavy (non-hydrogen) atoms. The molecule has 0 atom stereocenters. The molecule has 0 spiro atoms. The van der Waals surface area contributed by atoms with E-state index in [9.17, 15) is 14.0 Å². The number of ether oxygens (including phenoxy) is 1. The molecule has 0 unspecified atom stereocenters. The Kier molecular flexibility index (Phi) is 6.65. The number of carbonyl (C=O) groups excluding carboxylic acids is 1. The number of halogens is 1. The second kappa shape index (κ2) is 9.61. The molecule has 3 aromatic rings. The summed E-state index contributed by atoms with van der Waals surface area (Å²) >= 11 is 0. The summed E-state index contributed by atoms with van der Waals surface area (Å²) in [6, 6.07) is 11.8. The van der Waals surface area contributed by atoms with Crippen LogP contribution in [0.5, 0.6) is 0 Å². The number of amides is 1. The van der Waals surface area contributed by atoms with Crippen molar-refractivity contribution in [2.75, 3.05) is 19.7 Å². The monoisotopic (exact) mass is 437 g/mol. The van der Waals surface area contributed by atoms with E-state index >= 15 is 0 Å². The van der Waals surface area contributed by atoms with Crippen LogP contribution in [0.25, 0.3) is 10.8 Å². The Morgan fingerprint density at radius 3 is 2.62 bits per heavy atom. The topological polar surface area (TPSA) is 75.3 Å². The first-order chi connectivity index (χ1) is 15.4. The lowest BCUT2D eigenvalue weighted by atomic mass is 10.0. The average molecular weight is 438 g/mol. The third kappa shape index (κ3) is 4.88. The smallest absolute Gasteiger partial charge is 0.272 e. The Bertz CT molecular complexity index is 1170. The van der Waals surface area contributed by atoms with Gasteiger partial charge in [0.15, 0.2) is 0 Å². The van der Waals surface area contributed by atoms with Crippen molar-refractivity contribution < 1.29 is 13.9 Å². The van der Waals surface area contributed by atoms with Crippen LogP contribution < -0.4 is 5.56 Å². The van der Waals surface area contributed by atoms with Crippen LogP contribution in [0, 0.1) is 11.7 Å². The predicted octanol–water partition coefficient (Wildman–Crippen LogP) is 3.93. The maximum atomic E-state index is 14.6. The first kappa shape index (κ1) is 22.1. The molecule has 1 aliphatic heterocycles. The molecule has 2 aromatic carbocycles. The Hall–Kier alpha value is -3.06. The number of likely N-dealkylation sites (tertiary alicyclic amines) is 1. The van der Waals surface area contributed by atoms with Gasteiger partial charge in [0.1, 0.15) is 5.82 Å². The fraction of sp³-hybridized carbons (Fsp3) is 0.400. The summed E-state index contributed by atoms with van der Waals surface area (Å²) in [6.45, 7) is 6.04. The highest BCUT2D eigenvalue weighted by atomic mass is 19.1. The second-order valence-electron chi connectivity index (χ2n) is 8.75. The van der Waals surface area contributed by atoms with Crippen LogP contribution in [0.1, 0.15) is 48.3 Å². The number of aromatic amines is 1. The molecule has 168 valence electrons. The van der Waals surface area contributed by atoms with Crippen molar-refractivity contribution in [3.8, 4) is 0 Å². The number of nitrogens with zero attached hydrogens (tertiary/aromatic N) is 2. The number of H-pyrrole nitrogens is 1. The van der Waals surface area contributed by atoms with Crippen LogP contribution >= 0.6 is 0 Å². The van der Waals surface area contributed by atoms with Crippen molar-refractivity contribution in [2.45, 2.75) is 39.2 Å². The van der Waals surface area contributed by atoms with Gasteiger partial charge >= 0.3 is 0 Å². The van der Waals surface area contributed by atoms with E-state index in [1.165, 1.54) is 6.07 Å². The largest absolute Gasteiger partial charge is 0.378 e. The number of aromatic nitrogens is 2. The fourth-order valence-corrected chi connectivity index (χ4v) is 4.07. The molecule has 0 radical (unpaired) electrons. The number of piperidine rings is 1. The second-order valence-corrected chi connectivity index (χ2v) is 8.75. The maximum absolute atomic E-state index is 14.6. The first-order valence-electron chi connectivity index (χ1n) is 11.1. The summed E-state index contributed by atoms with van der Waals surface area (Å²) < 4.78 is 20.5. The van der Waals surface area contributed by atoms with E-state index in [1.54, 1.807) is 29.2 Å². The SMILES string of the molecule is CC(C)COC1CCN(C(=O)c2cc(Cc3n[nH]c(=O)c4ccccc34)ccc2F)CC1. The highest BCUT2D eigenvalue weighted by molar-refractivity contribution is 5.95. The summed E-state index contributed by atoms with van der Waals surface area (Å²) in [5.74, 6) is -0.359. The molecule has 0 saturated carbocycles. The summed E-state index contributed by atoms with van der Waals surface area (Å²) in [6.07, 6.45) is 2.04. The van der Waals surface area contributed by atoms with Crippen LogP contribution in [-0.2, 0) is 11.2 Å². The lowest BCUT2D eigenvalue weighted by Gasteiger charge is -2.32. The van der Waals surface area contributed by atoms with E-state index in [-0.39, 0.29) is 23.1 Å². The fourth-order valence-electron chi connectivity index (χ4n) is 4.07. The Balaban J connectivity index is 1.50. The molecule has 1 aromatic heterocycles. The third-order valence-electron chi connectivity index (χ3n) is 5.80. The van der Waals surface area contributed by atoms with Crippen molar-refractivity contribution in [1.82, 2.24) is 15.1 Å². The summed E-state index contributed by atoms with van der Waals surface area (Å²) in [4.78, 5) is 26.8. The number of nitrogens with one attached hydrogen (secondary N) is 1. The minimum absolute atomic E-state index is 0.0674. The zero-order chi connectivity index (χ0) is 22.7. The molecular formula is C25H28FN3O3. The predicted molar refractivity (Wildman–Crippen MR) is 121 cm³/mol. The summed E-state index contributed by atoms with van der Waals surface area (Å²) in [5.41, 5.74) is 1.25. The Morgan fingerprint density at radius 1 is 1.19 bits per heavy atom. The van der Waals surface area contributed by atoms with Gasteiger partial charge in [0.25, 0.3) is 11.5 Å². The first-order valence-corrected chi connectivity index (χ1v) is 11.1. The standard InChI is InChI=1S/C25H28FN3O3/c1-16(2)15-32-18-9-11-29(12-10-18)25(31)21-13-17(7-8-22(21)26)14-23-19-5-3-4-6-20(19)24(30)28-27-23/h3-8,13,16,18H,9-12,14-15H2,1-2H3,(H,28,30). The van der Waals surface area contributed by atoms with Crippen LogP contribution in [0.2, 0.25) is 0 Å². The quantitative estimate of drug-likeness (QED) is 0.634. The van der Waals surface area contributed by atoms with Crippen LogP contribution in [0.15, 0.2) is 47.3 Å². The molecule has 6 nitrogen and oxygen atoms in total. The van der Waals surface area contributed by atoms with Gasteiger partial charge in [-0.05, 0) is 42.5 Å². The molecule has 0 bridgehead atoms. The molecule has 7 heteroatoms. The van der Waals surface area contributed by atoms with Gasteiger partial charge in [0.2, 0.25) is 0 Å². The molecule has 0 aliphatic carbocycles. The zero-order valence-corrected chi connectivity index (χ0v) is 18.4. The Labute approximate surface area is 186 Å². The molecule has 4 rings (SSSR count). The molecule has 1 amide bonds. The van der Waals surface area contributed by atoms with Crippen molar-refractivity contribution in [3.63, 3.8) is 0 Å².